The zero-order valence-electron chi connectivity index (χ0n) is 8.65. The van der Waals surface area contributed by atoms with Crippen molar-refractivity contribution in [2.45, 2.75) is 37.0 Å². The molecule has 88 valence electrons. The van der Waals surface area contributed by atoms with Crippen LogP contribution in [-0.4, -0.2) is 5.38 Å². The fourth-order valence-electron chi connectivity index (χ4n) is 2.36. The fraction of sp³-hybridized carbons (Fsp3) is 0.500. The Hall–Kier alpha value is -0.700. The molecule has 0 saturated heterocycles. The lowest BCUT2D eigenvalue weighted by Gasteiger charge is -2.26. The molecule has 0 radical (unpaired) electrons. The van der Waals surface area contributed by atoms with E-state index in [4.69, 9.17) is 11.6 Å². The Bertz CT molecular complexity index is 384. The molecule has 16 heavy (non-hydrogen) atoms. The normalized spacial score (nSPS) is 20.6. The molecule has 1 aromatic rings. The van der Waals surface area contributed by atoms with Crippen LogP contribution < -0.4 is 0 Å². The van der Waals surface area contributed by atoms with E-state index in [2.05, 4.69) is 0 Å². The Morgan fingerprint density at radius 1 is 1.38 bits per heavy atom. The molecular weight excluding hydrogens is 237 g/mol. The van der Waals surface area contributed by atoms with Crippen molar-refractivity contribution in [3.63, 3.8) is 0 Å². The van der Waals surface area contributed by atoms with Crippen LogP contribution >= 0.6 is 11.6 Å². The van der Waals surface area contributed by atoms with Gasteiger partial charge in [-0.05, 0) is 60.0 Å². The summed E-state index contributed by atoms with van der Waals surface area (Å²) in [5.41, 5.74) is 1.67. The second-order valence-electron chi connectivity index (χ2n) is 4.25. The van der Waals surface area contributed by atoms with Gasteiger partial charge in [0.05, 0.1) is 0 Å². The van der Waals surface area contributed by atoms with E-state index in [9.17, 15) is 13.2 Å². The van der Waals surface area contributed by atoms with Gasteiger partial charge in [0.15, 0.2) is 0 Å². The lowest BCUT2D eigenvalue weighted by molar-refractivity contribution is 0.0750. The molecule has 1 unspecified atom stereocenters. The first-order valence-corrected chi connectivity index (χ1v) is 5.68. The summed E-state index contributed by atoms with van der Waals surface area (Å²) in [6, 6.07) is 4.42. The summed E-state index contributed by atoms with van der Waals surface area (Å²) < 4.78 is 38.6. The van der Waals surface area contributed by atoms with E-state index in [1.807, 2.05) is 0 Å². The molecule has 0 spiro atoms. The van der Waals surface area contributed by atoms with E-state index in [0.29, 0.717) is 12.0 Å². The predicted octanol–water partition coefficient (Wildman–Crippen LogP) is 4.47. The van der Waals surface area contributed by atoms with Crippen molar-refractivity contribution >= 4 is 11.6 Å². The average Bonchev–Trinajstić information content (AvgIpc) is 2.17. The summed E-state index contributed by atoms with van der Waals surface area (Å²) in [6.07, 6.45) is 1.93. The molecule has 0 saturated carbocycles. The number of aryl methyl sites for hydroxylation is 1. The first kappa shape index (κ1) is 11.8. The first-order valence-electron chi connectivity index (χ1n) is 5.31. The van der Waals surface area contributed by atoms with E-state index in [1.54, 1.807) is 6.07 Å². The van der Waals surface area contributed by atoms with Crippen molar-refractivity contribution in [2.24, 2.45) is 0 Å². The smallest absolute Gasteiger partial charge is 0.207 e. The van der Waals surface area contributed by atoms with Crippen LogP contribution in [0, 0.1) is 5.82 Å². The summed E-state index contributed by atoms with van der Waals surface area (Å²) in [5, 5.41) is -3.20. The highest BCUT2D eigenvalue weighted by atomic mass is 35.5. The van der Waals surface area contributed by atoms with Crippen LogP contribution in [0.2, 0.25) is 0 Å². The molecule has 1 atom stereocenters. The van der Waals surface area contributed by atoms with Gasteiger partial charge in [0, 0.05) is 6.42 Å². The van der Waals surface area contributed by atoms with Gasteiger partial charge in [0.1, 0.15) is 5.82 Å². The van der Waals surface area contributed by atoms with Gasteiger partial charge in [-0.25, -0.2) is 4.39 Å². The standard InChI is InChI=1S/C12H12ClF3/c13-12(15,16)7-9-3-1-2-8-4-5-10(14)6-11(8)9/h4-6,9H,1-3,7H2. The number of fused-ring (bicyclic) bond motifs is 1. The molecule has 0 heterocycles. The minimum Gasteiger partial charge on any atom is -0.207 e. The highest BCUT2D eigenvalue weighted by Gasteiger charge is 2.32. The van der Waals surface area contributed by atoms with Crippen molar-refractivity contribution in [3.05, 3.63) is 35.1 Å². The third-order valence-electron chi connectivity index (χ3n) is 3.02. The number of rotatable bonds is 2. The molecule has 1 aliphatic carbocycles. The topological polar surface area (TPSA) is 0 Å². The van der Waals surface area contributed by atoms with Crippen LogP contribution in [0.5, 0.6) is 0 Å². The summed E-state index contributed by atoms with van der Waals surface area (Å²) in [5.74, 6) is -0.699. The Morgan fingerprint density at radius 2 is 2.12 bits per heavy atom. The minimum atomic E-state index is -3.20. The quantitative estimate of drug-likeness (QED) is 0.678. The second kappa shape index (κ2) is 4.28. The van der Waals surface area contributed by atoms with Gasteiger partial charge in [-0.2, -0.15) is 8.78 Å². The van der Waals surface area contributed by atoms with Gasteiger partial charge < -0.3 is 0 Å². The lowest BCUT2D eigenvalue weighted by atomic mass is 9.81. The molecule has 4 heteroatoms. The zero-order valence-corrected chi connectivity index (χ0v) is 9.41. The molecule has 0 bridgehead atoms. The number of benzene rings is 1. The van der Waals surface area contributed by atoms with E-state index in [-0.39, 0.29) is 11.7 Å². The van der Waals surface area contributed by atoms with Crippen LogP contribution in [0.15, 0.2) is 18.2 Å². The summed E-state index contributed by atoms with van der Waals surface area (Å²) in [4.78, 5) is 0. The van der Waals surface area contributed by atoms with Crippen LogP contribution in [0.25, 0.3) is 0 Å². The monoisotopic (exact) mass is 248 g/mol. The molecule has 0 aliphatic heterocycles. The molecule has 2 rings (SSSR count). The third-order valence-corrected chi connectivity index (χ3v) is 3.18. The summed E-state index contributed by atoms with van der Waals surface area (Å²) >= 11 is 4.95. The molecule has 0 nitrogen and oxygen atoms in total. The third kappa shape index (κ3) is 2.70. The molecule has 0 fully saturated rings. The molecule has 1 aliphatic rings. The minimum absolute atomic E-state index is 0.327. The number of hydrogen-bond donors (Lipinski definition) is 0. The highest BCUT2D eigenvalue weighted by Crippen LogP contribution is 2.40. The van der Waals surface area contributed by atoms with E-state index >= 15 is 0 Å². The van der Waals surface area contributed by atoms with Crippen molar-refractivity contribution < 1.29 is 13.2 Å². The lowest BCUT2D eigenvalue weighted by Crippen LogP contribution is -2.17. The van der Waals surface area contributed by atoms with Gasteiger partial charge >= 0.3 is 5.38 Å². The predicted molar refractivity (Wildman–Crippen MR) is 57.5 cm³/mol. The van der Waals surface area contributed by atoms with Crippen LogP contribution in [-0.2, 0) is 6.42 Å². The van der Waals surface area contributed by atoms with E-state index in [1.165, 1.54) is 12.1 Å². The highest BCUT2D eigenvalue weighted by molar-refractivity contribution is 6.21. The van der Waals surface area contributed by atoms with Crippen molar-refractivity contribution in [1.29, 1.82) is 0 Å². The van der Waals surface area contributed by atoms with Gasteiger partial charge in [0.2, 0.25) is 0 Å². The maximum absolute atomic E-state index is 13.1. The van der Waals surface area contributed by atoms with Gasteiger partial charge in [0.25, 0.3) is 0 Å². The van der Waals surface area contributed by atoms with Crippen LogP contribution in [0.3, 0.4) is 0 Å². The molecule has 0 aromatic heterocycles. The Labute approximate surface area is 97.4 Å². The number of halogens is 4. The maximum atomic E-state index is 13.1. The molecule has 1 aromatic carbocycles. The maximum Gasteiger partial charge on any atom is 0.322 e. The van der Waals surface area contributed by atoms with Gasteiger partial charge in [-0.15, -0.1) is 0 Å². The SMILES string of the molecule is Fc1ccc2c(c1)C(CC(F)(F)Cl)CCC2. The Balaban J connectivity index is 2.28. The molecule has 0 N–H and O–H groups in total. The van der Waals surface area contributed by atoms with Gasteiger partial charge in [-0.3, -0.25) is 0 Å². The van der Waals surface area contributed by atoms with E-state index in [0.717, 1.165) is 18.4 Å². The molecular formula is C12H12ClF3. The number of hydrogen-bond acceptors (Lipinski definition) is 0. The van der Waals surface area contributed by atoms with Gasteiger partial charge in [-0.1, -0.05) is 6.07 Å². The zero-order chi connectivity index (χ0) is 11.8. The van der Waals surface area contributed by atoms with Crippen LogP contribution in [0.4, 0.5) is 13.2 Å². The van der Waals surface area contributed by atoms with Crippen molar-refractivity contribution in [2.75, 3.05) is 0 Å². The van der Waals surface area contributed by atoms with Crippen LogP contribution in [0.1, 0.15) is 36.3 Å². The first-order chi connectivity index (χ1) is 7.46. The summed E-state index contributed by atoms with van der Waals surface area (Å²) in [6.45, 7) is 0. The van der Waals surface area contributed by atoms with Crippen molar-refractivity contribution in [1.82, 2.24) is 0 Å². The fourth-order valence-corrected chi connectivity index (χ4v) is 2.55. The Kier molecular flexibility index (Phi) is 3.15. The summed E-state index contributed by atoms with van der Waals surface area (Å²) in [7, 11) is 0. The average molecular weight is 249 g/mol. The largest absolute Gasteiger partial charge is 0.322 e. The van der Waals surface area contributed by atoms with Crippen molar-refractivity contribution in [3.8, 4) is 0 Å². The number of alkyl halides is 3. The second-order valence-corrected chi connectivity index (χ2v) is 4.80. The Morgan fingerprint density at radius 3 is 2.81 bits per heavy atom. The molecule has 0 amide bonds. The van der Waals surface area contributed by atoms with E-state index < -0.39 is 11.8 Å².